The Balaban J connectivity index is 1.82. The van der Waals surface area contributed by atoms with Gasteiger partial charge in [0.05, 0.1) is 6.04 Å². The largest absolute Gasteiger partial charge is 0.316 e. The highest BCUT2D eigenvalue weighted by Crippen LogP contribution is 2.30. The van der Waals surface area contributed by atoms with Crippen molar-refractivity contribution in [2.75, 3.05) is 13.1 Å². The summed E-state index contributed by atoms with van der Waals surface area (Å²) in [6.07, 6.45) is 1.22. The van der Waals surface area contributed by atoms with E-state index in [4.69, 9.17) is 0 Å². The summed E-state index contributed by atoms with van der Waals surface area (Å²) in [4.78, 5) is 0. The van der Waals surface area contributed by atoms with E-state index in [9.17, 15) is 0 Å². The molecule has 0 radical (unpaired) electrons. The van der Waals surface area contributed by atoms with Crippen molar-refractivity contribution >= 4 is 0 Å². The summed E-state index contributed by atoms with van der Waals surface area (Å²) in [5, 5.41) is 3.48. The van der Waals surface area contributed by atoms with E-state index >= 15 is 0 Å². The van der Waals surface area contributed by atoms with E-state index < -0.39 is 0 Å². The van der Waals surface area contributed by atoms with Gasteiger partial charge in [0.1, 0.15) is 0 Å². The van der Waals surface area contributed by atoms with Crippen molar-refractivity contribution < 1.29 is 0 Å². The second kappa shape index (κ2) is 3.93. The van der Waals surface area contributed by atoms with Gasteiger partial charge in [-0.2, -0.15) is 0 Å². The van der Waals surface area contributed by atoms with Crippen LogP contribution in [0.15, 0.2) is 30.3 Å². The van der Waals surface area contributed by atoms with Crippen LogP contribution in [0.3, 0.4) is 0 Å². The molecular formula is C12H17N3. The highest BCUT2D eigenvalue weighted by Gasteiger charge is 2.37. The molecule has 0 aliphatic carbocycles. The molecule has 3 rings (SSSR count). The summed E-state index contributed by atoms with van der Waals surface area (Å²) in [6, 6.07) is 11.8. The van der Waals surface area contributed by atoms with Gasteiger partial charge in [-0.15, -0.1) is 0 Å². The van der Waals surface area contributed by atoms with Gasteiger partial charge in [0, 0.05) is 18.5 Å². The Hall–Kier alpha value is -0.900. The van der Waals surface area contributed by atoms with Crippen molar-refractivity contribution in [2.24, 2.45) is 5.92 Å². The Morgan fingerprint density at radius 2 is 1.93 bits per heavy atom. The molecule has 2 aliphatic rings. The fourth-order valence-corrected chi connectivity index (χ4v) is 2.71. The Morgan fingerprint density at radius 3 is 2.80 bits per heavy atom. The maximum atomic E-state index is 3.48. The molecule has 0 bridgehead atoms. The Kier molecular flexibility index (Phi) is 2.44. The summed E-state index contributed by atoms with van der Waals surface area (Å²) in [5.41, 5.74) is 8.23. The average Bonchev–Trinajstić information content (AvgIpc) is 2.74. The lowest BCUT2D eigenvalue weighted by atomic mass is 9.86. The van der Waals surface area contributed by atoms with E-state index in [-0.39, 0.29) is 0 Å². The molecule has 2 saturated heterocycles. The van der Waals surface area contributed by atoms with Crippen molar-refractivity contribution in [1.29, 1.82) is 0 Å². The van der Waals surface area contributed by atoms with Crippen molar-refractivity contribution in [1.82, 2.24) is 16.2 Å². The molecule has 3 N–H and O–H groups in total. The number of hydrazine groups is 1. The molecule has 0 amide bonds. The first kappa shape index (κ1) is 9.33. The van der Waals surface area contributed by atoms with Crippen LogP contribution in [0.2, 0.25) is 0 Å². The van der Waals surface area contributed by atoms with Gasteiger partial charge in [0.2, 0.25) is 0 Å². The standard InChI is InChI=1S/C12H17N3/c1-2-4-9(5-3-1)12-10-8-13-7-6-11(10)14-15-12/h1-5,10-15H,6-8H2. The number of hydrogen-bond acceptors (Lipinski definition) is 3. The van der Waals surface area contributed by atoms with E-state index in [1.54, 1.807) is 0 Å². The van der Waals surface area contributed by atoms with E-state index in [1.807, 2.05) is 0 Å². The summed E-state index contributed by atoms with van der Waals surface area (Å²) < 4.78 is 0. The van der Waals surface area contributed by atoms with Crippen LogP contribution in [0.25, 0.3) is 0 Å². The quantitative estimate of drug-likeness (QED) is 0.632. The van der Waals surface area contributed by atoms with Crippen molar-refractivity contribution in [3.8, 4) is 0 Å². The van der Waals surface area contributed by atoms with Crippen molar-refractivity contribution in [3.63, 3.8) is 0 Å². The summed E-state index contributed by atoms with van der Waals surface area (Å²) in [5.74, 6) is 0.682. The highest BCUT2D eigenvalue weighted by atomic mass is 15.4. The fourth-order valence-electron chi connectivity index (χ4n) is 2.71. The maximum Gasteiger partial charge on any atom is 0.0518 e. The number of fused-ring (bicyclic) bond motifs is 1. The van der Waals surface area contributed by atoms with Gasteiger partial charge in [0.15, 0.2) is 0 Å². The van der Waals surface area contributed by atoms with Crippen molar-refractivity contribution in [3.05, 3.63) is 35.9 Å². The third-order valence-corrected chi connectivity index (χ3v) is 3.54. The molecule has 3 unspecified atom stereocenters. The lowest BCUT2D eigenvalue weighted by Gasteiger charge is -2.28. The summed E-state index contributed by atoms with van der Waals surface area (Å²) >= 11 is 0. The van der Waals surface area contributed by atoms with Crippen LogP contribution >= 0.6 is 0 Å². The molecule has 2 aliphatic heterocycles. The smallest absolute Gasteiger partial charge is 0.0518 e. The molecule has 2 heterocycles. The molecule has 15 heavy (non-hydrogen) atoms. The highest BCUT2D eigenvalue weighted by molar-refractivity contribution is 5.21. The molecular weight excluding hydrogens is 186 g/mol. The number of rotatable bonds is 1. The van der Waals surface area contributed by atoms with Crippen LogP contribution in [-0.2, 0) is 0 Å². The van der Waals surface area contributed by atoms with Crippen LogP contribution in [0, 0.1) is 5.92 Å². The lowest BCUT2D eigenvalue weighted by molar-refractivity contribution is 0.326. The molecule has 3 atom stereocenters. The first-order valence-corrected chi connectivity index (χ1v) is 5.72. The average molecular weight is 203 g/mol. The molecule has 1 aromatic rings. The molecule has 1 aromatic carbocycles. The van der Waals surface area contributed by atoms with E-state index in [1.165, 1.54) is 12.0 Å². The molecule has 80 valence electrons. The molecule has 0 saturated carbocycles. The third kappa shape index (κ3) is 1.67. The van der Waals surface area contributed by atoms with Crippen LogP contribution in [0.5, 0.6) is 0 Å². The van der Waals surface area contributed by atoms with Gasteiger partial charge < -0.3 is 5.32 Å². The first-order valence-electron chi connectivity index (χ1n) is 5.72. The number of benzene rings is 1. The zero-order chi connectivity index (χ0) is 10.1. The molecule has 0 aromatic heterocycles. The topological polar surface area (TPSA) is 36.1 Å². The van der Waals surface area contributed by atoms with Crippen LogP contribution in [0.1, 0.15) is 18.0 Å². The Bertz CT molecular complexity index is 325. The zero-order valence-electron chi connectivity index (χ0n) is 8.74. The van der Waals surface area contributed by atoms with E-state index in [2.05, 4.69) is 46.5 Å². The predicted molar refractivity (Wildman–Crippen MR) is 60.2 cm³/mol. The summed E-state index contributed by atoms with van der Waals surface area (Å²) in [7, 11) is 0. The van der Waals surface area contributed by atoms with Crippen LogP contribution in [-0.4, -0.2) is 19.1 Å². The van der Waals surface area contributed by atoms with Gasteiger partial charge >= 0.3 is 0 Å². The normalized spacial score (nSPS) is 35.1. The zero-order valence-corrected chi connectivity index (χ0v) is 8.74. The molecule has 3 heteroatoms. The van der Waals surface area contributed by atoms with Gasteiger partial charge in [-0.05, 0) is 18.5 Å². The van der Waals surface area contributed by atoms with E-state index in [0.29, 0.717) is 18.0 Å². The fraction of sp³-hybridized carbons (Fsp3) is 0.500. The second-order valence-electron chi connectivity index (χ2n) is 4.44. The van der Waals surface area contributed by atoms with Crippen LogP contribution < -0.4 is 16.2 Å². The van der Waals surface area contributed by atoms with Crippen LogP contribution in [0.4, 0.5) is 0 Å². The maximum absolute atomic E-state index is 3.48. The number of hydrogen-bond donors (Lipinski definition) is 3. The Labute approximate surface area is 90.2 Å². The molecule has 2 fully saturated rings. The minimum absolute atomic E-state index is 0.462. The number of nitrogens with one attached hydrogen (secondary N) is 3. The molecule has 0 spiro atoms. The second-order valence-corrected chi connectivity index (χ2v) is 4.44. The monoisotopic (exact) mass is 203 g/mol. The van der Waals surface area contributed by atoms with Gasteiger partial charge in [0.25, 0.3) is 0 Å². The predicted octanol–water partition coefficient (Wildman–Crippen LogP) is 0.814. The Morgan fingerprint density at radius 1 is 1.07 bits per heavy atom. The van der Waals surface area contributed by atoms with Gasteiger partial charge in [-0.3, -0.25) is 5.43 Å². The summed E-state index contributed by atoms with van der Waals surface area (Å²) in [6.45, 7) is 2.25. The molecule has 3 nitrogen and oxygen atoms in total. The minimum atomic E-state index is 0.462. The SMILES string of the molecule is c1ccc(C2NNC3CCNCC32)cc1. The number of piperidine rings is 1. The third-order valence-electron chi connectivity index (χ3n) is 3.54. The lowest BCUT2D eigenvalue weighted by Crippen LogP contribution is -2.42. The van der Waals surface area contributed by atoms with Crippen molar-refractivity contribution in [2.45, 2.75) is 18.5 Å². The van der Waals surface area contributed by atoms with Gasteiger partial charge in [-0.1, -0.05) is 30.3 Å². The minimum Gasteiger partial charge on any atom is -0.316 e. The van der Waals surface area contributed by atoms with E-state index in [0.717, 1.165) is 13.1 Å². The van der Waals surface area contributed by atoms with Gasteiger partial charge in [-0.25, -0.2) is 5.43 Å². The first-order chi connectivity index (χ1) is 7.45.